The molecular weight excluding hydrogens is 386 g/mol. The van der Waals surface area contributed by atoms with E-state index in [1.54, 1.807) is 6.07 Å². The molecule has 3 aromatic heterocycles. The zero-order valence-electron chi connectivity index (χ0n) is 12.5. The van der Waals surface area contributed by atoms with Gasteiger partial charge in [0, 0.05) is 11.1 Å². The molecule has 3 heterocycles. The first-order chi connectivity index (χ1) is 12.1. The van der Waals surface area contributed by atoms with Gasteiger partial charge in [0.1, 0.15) is 5.56 Å². The fraction of sp³-hybridized carbons (Fsp3) is 0.0769. The third-order valence-electron chi connectivity index (χ3n) is 3.43. The number of hydrogen-bond donors (Lipinski definition) is 2. The van der Waals surface area contributed by atoms with Gasteiger partial charge in [-0.05, 0) is 28.8 Å². The van der Waals surface area contributed by atoms with Crippen molar-refractivity contribution in [3.8, 4) is 0 Å². The second-order valence-corrected chi connectivity index (χ2v) is 7.12. The minimum absolute atomic E-state index is 0.0392. The van der Waals surface area contributed by atoms with Gasteiger partial charge in [-0.2, -0.15) is 0 Å². The van der Waals surface area contributed by atoms with Crippen LogP contribution in [0.3, 0.4) is 0 Å². The molecule has 4 rings (SSSR count). The van der Waals surface area contributed by atoms with Crippen LogP contribution in [-0.2, 0) is 0 Å². The first-order valence-electron chi connectivity index (χ1n) is 6.81. The number of nitrogens with one attached hydrogen (secondary N) is 2. The van der Waals surface area contributed by atoms with Gasteiger partial charge in [-0.25, -0.2) is 10.1 Å². The number of fused-ring (bicyclic) bond motifs is 3. The highest BCUT2D eigenvalue weighted by molar-refractivity contribution is 7.98. The maximum atomic E-state index is 12.8. The van der Waals surface area contributed by atoms with Crippen molar-refractivity contribution < 1.29 is 4.79 Å². The number of benzene rings is 1. The first-order valence-corrected chi connectivity index (χ1v) is 9.23. The number of thioether (sulfide) groups is 1. The fourth-order valence-electron chi connectivity index (χ4n) is 2.30. The summed E-state index contributed by atoms with van der Waals surface area (Å²) >= 11 is 9.12. The van der Waals surface area contributed by atoms with E-state index in [9.17, 15) is 9.59 Å². The Morgan fingerprint density at radius 1 is 1.44 bits per heavy atom. The summed E-state index contributed by atoms with van der Waals surface area (Å²) in [6.07, 6.45) is 3.16. The molecule has 2 N–H and O–H groups in total. The summed E-state index contributed by atoms with van der Waals surface area (Å²) in [5.41, 5.74) is -0.0101. The molecule has 0 atom stereocenters. The molecule has 0 spiro atoms. The van der Waals surface area contributed by atoms with E-state index in [0.29, 0.717) is 15.5 Å². The smallest absolute Gasteiger partial charge is 0.271 e. The molecule has 25 heavy (non-hydrogen) atoms. The summed E-state index contributed by atoms with van der Waals surface area (Å²) in [6.45, 7) is 0. The topological polar surface area (TPSA) is 118 Å². The number of carbonyl (C=O) groups is 1. The van der Waals surface area contributed by atoms with Crippen molar-refractivity contribution in [2.45, 2.75) is 4.90 Å². The van der Waals surface area contributed by atoms with Gasteiger partial charge in [-0.15, -0.1) is 11.8 Å². The third kappa shape index (κ3) is 2.65. The number of thiazole rings is 1. The molecule has 9 nitrogen and oxygen atoms in total. The molecule has 4 aromatic rings. The van der Waals surface area contributed by atoms with Crippen LogP contribution in [-0.4, -0.2) is 42.2 Å². The van der Waals surface area contributed by atoms with Crippen LogP contribution in [0.2, 0.25) is 5.02 Å². The third-order valence-corrected chi connectivity index (χ3v) is 5.65. The van der Waals surface area contributed by atoms with Crippen LogP contribution >= 0.6 is 34.7 Å². The fourth-order valence-corrected chi connectivity index (χ4v) is 4.26. The van der Waals surface area contributed by atoms with Crippen molar-refractivity contribution in [3.63, 3.8) is 0 Å². The molecule has 1 amide bonds. The summed E-state index contributed by atoms with van der Waals surface area (Å²) in [5.74, 6) is -0.617. The van der Waals surface area contributed by atoms with Crippen molar-refractivity contribution in [1.29, 1.82) is 0 Å². The Morgan fingerprint density at radius 2 is 2.28 bits per heavy atom. The van der Waals surface area contributed by atoms with Crippen molar-refractivity contribution in [2.24, 2.45) is 0 Å². The lowest BCUT2D eigenvalue weighted by Crippen LogP contribution is -2.26. The maximum Gasteiger partial charge on any atom is 0.271 e. The summed E-state index contributed by atoms with van der Waals surface area (Å²) in [7, 11) is 0. The highest BCUT2D eigenvalue weighted by Gasteiger charge is 2.18. The SMILES string of the molecule is CSc1cc2sc3ncc(C(=O)Nc4nnn[nH]4)c(=O)n3c2cc1Cl. The number of nitrogens with zero attached hydrogens (tertiary/aromatic N) is 5. The summed E-state index contributed by atoms with van der Waals surface area (Å²) in [4.78, 5) is 30.7. The van der Waals surface area contributed by atoms with Crippen LogP contribution in [0.5, 0.6) is 0 Å². The van der Waals surface area contributed by atoms with Crippen LogP contribution in [0.25, 0.3) is 15.2 Å². The Labute approximate surface area is 152 Å². The molecule has 12 heteroatoms. The molecule has 0 radical (unpaired) electrons. The minimum Gasteiger partial charge on any atom is -0.289 e. The van der Waals surface area contributed by atoms with Gasteiger partial charge in [0.2, 0.25) is 5.95 Å². The lowest BCUT2D eigenvalue weighted by molar-refractivity contribution is 0.102. The lowest BCUT2D eigenvalue weighted by Gasteiger charge is -2.03. The average Bonchev–Trinajstić information content (AvgIpc) is 3.21. The Kier molecular flexibility index (Phi) is 3.90. The molecule has 0 fully saturated rings. The summed E-state index contributed by atoms with van der Waals surface area (Å²) < 4.78 is 2.24. The van der Waals surface area contributed by atoms with E-state index in [1.807, 2.05) is 12.3 Å². The van der Waals surface area contributed by atoms with Gasteiger partial charge < -0.3 is 0 Å². The molecule has 0 unspecified atom stereocenters. The Hall–Kier alpha value is -2.50. The normalized spacial score (nSPS) is 11.3. The number of anilines is 1. The zero-order valence-corrected chi connectivity index (χ0v) is 14.9. The zero-order chi connectivity index (χ0) is 17.6. The number of halogens is 1. The van der Waals surface area contributed by atoms with E-state index in [4.69, 9.17) is 11.6 Å². The van der Waals surface area contributed by atoms with E-state index in [1.165, 1.54) is 33.7 Å². The number of aromatic nitrogens is 6. The second-order valence-electron chi connectivity index (χ2n) is 4.86. The van der Waals surface area contributed by atoms with Gasteiger partial charge in [0.25, 0.3) is 11.5 Å². The van der Waals surface area contributed by atoms with Crippen molar-refractivity contribution in [1.82, 2.24) is 30.0 Å². The number of rotatable bonds is 3. The summed E-state index contributed by atoms with van der Waals surface area (Å²) in [6, 6.07) is 3.61. The van der Waals surface area contributed by atoms with Gasteiger partial charge >= 0.3 is 0 Å². The Bertz CT molecular complexity index is 1170. The molecule has 126 valence electrons. The molecule has 1 aromatic carbocycles. The molecule has 0 aliphatic heterocycles. The average molecular weight is 394 g/mol. The number of aromatic amines is 1. The van der Waals surface area contributed by atoms with Gasteiger partial charge in [-0.3, -0.25) is 19.3 Å². The van der Waals surface area contributed by atoms with Crippen LogP contribution in [0.15, 0.2) is 28.0 Å². The standard InChI is InChI=1S/C13H8ClN7O2S2/c1-24-8-3-9-7(2-6(8)14)21-11(23)5(4-15-13(21)25-9)10(22)16-12-17-19-20-18-12/h2-4H,1H3,(H2,16,17,18,19,20,22). The van der Waals surface area contributed by atoms with E-state index in [-0.39, 0.29) is 11.5 Å². The van der Waals surface area contributed by atoms with Crippen LogP contribution in [0, 0.1) is 0 Å². The highest BCUT2D eigenvalue weighted by atomic mass is 35.5. The predicted molar refractivity (Wildman–Crippen MR) is 95.8 cm³/mol. The van der Waals surface area contributed by atoms with Crippen LogP contribution < -0.4 is 10.9 Å². The largest absolute Gasteiger partial charge is 0.289 e. The van der Waals surface area contributed by atoms with Gasteiger partial charge in [-0.1, -0.05) is 28.0 Å². The van der Waals surface area contributed by atoms with Crippen LogP contribution in [0.4, 0.5) is 5.95 Å². The van der Waals surface area contributed by atoms with Gasteiger partial charge in [0.05, 0.1) is 15.2 Å². The van der Waals surface area contributed by atoms with E-state index in [0.717, 1.165) is 9.60 Å². The molecule has 0 aliphatic carbocycles. The highest BCUT2D eigenvalue weighted by Crippen LogP contribution is 2.33. The van der Waals surface area contributed by atoms with Crippen molar-refractivity contribution in [2.75, 3.05) is 11.6 Å². The Balaban J connectivity index is 1.89. The van der Waals surface area contributed by atoms with Crippen molar-refractivity contribution in [3.05, 3.63) is 39.3 Å². The monoisotopic (exact) mass is 393 g/mol. The molecule has 0 saturated carbocycles. The number of amides is 1. The van der Waals surface area contributed by atoms with E-state index in [2.05, 4.69) is 30.9 Å². The van der Waals surface area contributed by atoms with Crippen molar-refractivity contribution >= 4 is 61.7 Å². The molecular formula is C13H8ClN7O2S2. The van der Waals surface area contributed by atoms with Gasteiger partial charge in [0.15, 0.2) is 4.96 Å². The quantitative estimate of drug-likeness (QED) is 0.511. The Morgan fingerprint density at radius 3 is 3.00 bits per heavy atom. The number of carbonyl (C=O) groups excluding carboxylic acids is 1. The summed E-state index contributed by atoms with van der Waals surface area (Å²) in [5, 5.41) is 15.6. The van der Waals surface area contributed by atoms with Crippen LogP contribution in [0.1, 0.15) is 10.4 Å². The maximum absolute atomic E-state index is 12.8. The first kappa shape index (κ1) is 16.0. The molecule has 0 bridgehead atoms. The number of hydrogen-bond acceptors (Lipinski definition) is 8. The molecule has 0 saturated heterocycles. The number of H-pyrrole nitrogens is 1. The predicted octanol–water partition coefficient (Wildman–Crippen LogP) is 2.05. The minimum atomic E-state index is -0.656. The molecule has 0 aliphatic rings. The second kappa shape index (κ2) is 6.10. The van der Waals surface area contributed by atoms with E-state index < -0.39 is 11.5 Å². The number of tetrazole rings is 1. The lowest BCUT2D eigenvalue weighted by atomic mass is 10.3. The van der Waals surface area contributed by atoms with E-state index >= 15 is 0 Å².